The fraction of sp³-hybridized carbons (Fsp3) is 0.660. The minimum atomic E-state index is -0.900. The number of hydrogen-bond donors (Lipinski definition) is 3. The number of amides is 4. The Bertz CT molecular complexity index is 1790. The van der Waals surface area contributed by atoms with Crippen molar-refractivity contribution in [3.63, 3.8) is 0 Å². The summed E-state index contributed by atoms with van der Waals surface area (Å²) in [4.78, 5) is 75.2. The number of hydrogen-bond acceptors (Lipinski definition) is 10. The average molecular weight is 893 g/mol. The first-order valence-corrected chi connectivity index (χ1v) is 23.2. The quantitative estimate of drug-likeness (QED) is 0.102. The zero-order chi connectivity index (χ0) is 47.8. The van der Waals surface area contributed by atoms with Gasteiger partial charge < -0.3 is 40.0 Å². The number of anilines is 1. The van der Waals surface area contributed by atoms with Crippen LogP contribution in [0.4, 0.5) is 5.69 Å². The van der Waals surface area contributed by atoms with Gasteiger partial charge in [-0.15, -0.1) is 0 Å². The van der Waals surface area contributed by atoms with E-state index in [2.05, 4.69) is 41.9 Å². The smallest absolute Gasteiger partial charge is 0.328 e. The first-order valence-electron chi connectivity index (χ1n) is 23.2. The Morgan fingerprint density at radius 3 is 2.03 bits per heavy atom. The van der Waals surface area contributed by atoms with Gasteiger partial charge in [0.2, 0.25) is 23.6 Å². The van der Waals surface area contributed by atoms with Crippen LogP contribution in [0.15, 0.2) is 54.6 Å². The molecular weight excluding hydrogens is 813 g/mol. The van der Waals surface area contributed by atoms with Gasteiger partial charge in [-0.2, -0.15) is 0 Å². The second kappa shape index (κ2) is 25.8. The zero-order valence-corrected chi connectivity index (χ0v) is 41.2. The Kier molecular flexibility index (Phi) is 21.7. The van der Waals surface area contributed by atoms with Crippen LogP contribution in [0, 0.1) is 23.7 Å². The molecule has 3 rings (SSSR count). The maximum absolute atomic E-state index is 14.6. The highest BCUT2D eigenvalue weighted by Crippen LogP contribution is 2.30. The highest BCUT2D eigenvalue weighted by Gasteiger charge is 2.43. The molecule has 0 aromatic heterocycles. The van der Waals surface area contributed by atoms with Crippen molar-refractivity contribution in [1.29, 1.82) is 0 Å². The first-order chi connectivity index (χ1) is 30.3. The molecule has 0 radical (unpaired) electrons. The number of carbonyl (C=O) groups is 5. The summed E-state index contributed by atoms with van der Waals surface area (Å²) in [7, 11) is 8.06. The van der Waals surface area contributed by atoms with Crippen molar-refractivity contribution >= 4 is 35.3 Å². The Balaban J connectivity index is 1.79. The molecule has 14 heteroatoms. The number of nitrogens with one attached hydrogen (secondary N) is 3. The lowest BCUT2D eigenvalue weighted by Gasteiger charge is -2.41. The second-order valence-corrected chi connectivity index (χ2v) is 18.7. The molecule has 1 aliphatic heterocycles. The van der Waals surface area contributed by atoms with Crippen molar-refractivity contribution in [3.05, 3.63) is 65.7 Å². The molecule has 14 nitrogen and oxygen atoms in total. The predicted octanol–water partition coefficient (Wildman–Crippen LogP) is 5.92. The molecule has 0 aliphatic carbocycles. The minimum absolute atomic E-state index is 0.00899. The van der Waals surface area contributed by atoms with Gasteiger partial charge in [-0.3, -0.25) is 24.1 Å². The number of methoxy groups -OCH3 is 3. The summed E-state index contributed by atoms with van der Waals surface area (Å²) in [5, 5.41) is 9.46. The third kappa shape index (κ3) is 14.7. The Morgan fingerprint density at radius 2 is 1.47 bits per heavy atom. The van der Waals surface area contributed by atoms with Crippen LogP contribution in [-0.2, 0) is 51.1 Å². The van der Waals surface area contributed by atoms with Crippen LogP contribution >= 0.6 is 0 Å². The average Bonchev–Trinajstić information content (AvgIpc) is 3.74. The van der Waals surface area contributed by atoms with E-state index in [-0.39, 0.29) is 60.3 Å². The van der Waals surface area contributed by atoms with Crippen molar-refractivity contribution in [3.8, 4) is 0 Å². The van der Waals surface area contributed by atoms with Crippen LogP contribution in [0.5, 0.6) is 0 Å². The predicted molar refractivity (Wildman–Crippen MR) is 252 cm³/mol. The van der Waals surface area contributed by atoms with Gasteiger partial charge in [0.15, 0.2) is 0 Å². The van der Waals surface area contributed by atoms with Gasteiger partial charge >= 0.3 is 5.97 Å². The molecule has 9 atom stereocenters. The number of ether oxygens (including phenoxy) is 3. The lowest BCUT2D eigenvalue weighted by Crippen LogP contribution is -2.60. The number of benzene rings is 2. The van der Waals surface area contributed by atoms with Gasteiger partial charge in [0.1, 0.15) is 12.1 Å². The molecule has 1 heterocycles. The van der Waals surface area contributed by atoms with Crippen molar-refractivity contribution in [2.45, 2.75) is 149 Å². The van der Waals surface area contributed by atoms with Crippen LogP contribution in [0.3, 0.4) is 0 Å². The van der Waals surface area contributed by atoms with E-state index in [9.17, 15) is 24.0 Å². The maximum Gasteiger partial charge on any atom is 0.328 e. The summed E-state index contributed by atoms with van der Waals surface area (Å²) in [6, 6.07) is 14.7. The third-order valence-electron chi connectivity index (χ3n) is 12.8. The van der Waals surface area contributed by atoms with Crippen LogP contribution in [0.2, 0.25) is 0 Å². The number of carbonyl (C=O) groups excluding carboxylic acids is 5. The van der Waals surface area contributed by atoms with E-state index >= 15 is 0 Å². The molecular formula is C50H80N6O8. The van der Waals surface area contributed by atoms with Crippen molar-refractivity contribution < 1.29 is 38.2 Å². The monoisotopic (exact) mass is 893 g/mol. The highest BCUT2D eigenvalue weighted by atomic mass is 16.5. The van der Waals surface area contributed by atoms with E-state index in [1.54, 1.807) is 30.9 Å². The topological polar surface area (TPSA) is 159 Å². The molecule has 1 fully saturated rings. The molecule has 0 bridgehead atoms. The van der Waals surface area contributed by atoms with E-state index in [4.69, 9.17) is 14.2 Å². The second-order valence-electron chi connectivity index (χ2n) is 18.7. The van der Waals surface area contributed by atoms with E-state index in [1.807, 2.05) is 96.0 Å². The van der Waals surface area contributed by atoms with Crippen LogP contribution < -0.4 is 16.0 Å². The summed E-state index contributed by atoms with van der Waals surface area (Å²) in [6.45, 7) is 18.9. The summed E-state index contributed by atoms with van der Waals surface area (Å²) in [6.07, 6.45) is 0.983. The molecule has 2 aromatic rings. The molecule has 64 heavy (non-hydrogen) atoms. The molecule has 0 spiro atoms. The van der Waals surface area contributed by atoms with E-state index in [0.29, 0.717) is 25.9 Å². The molecule has 0 unspecified atom stereocenters. The maximum atomic E-state index is 14.6. The van der Waals surface area contributed by atoms with Gasteiger partial charge in [0, 0.05) is 52.5 Å². The highest BCUT2D eigenvalue weighted by molar-refractivity contribution is 5.90. The normalized spacial score (nSPS) is 17.9. The van der Waals surface area contributed by atoms with Crippen LogP contribution in [0.25, 0.3) is 0 Å². The van der Waals surface area contributed by atoms with Gasteiger partial charge in [-0.1, -0.05) is 97.4 Å². The minimum Gasteiger partial charge on any atom is -0.467 e. The Hall–Kier alpha value is -4.53. The van der Waals surface area contributed by atoms with Gasteiger partial charge in [0.25, 0.3) is 0 Å². The summed E-state index contributed by atoms with van der Waals surface area (Å²) in [5.41, 5.74) is 2.96. The van der Waals surface area contributed by atoms with Gasteiger partial charge in [-0.05, 0) is 74.8 Å². The van der Waals surface area contributed by atoms with Crippen molar-refractivity contribution in [2.24, 2.45) is 23.7 Å². The first kappa shape index (κ1) is 53.8. The molecule has 1 saturated heterocycles. The molecule has 3 N–H and O–H groups in total. The lowest BCUT2D eigenvalue weighted by atomic mass is 9.89. The van der Waals surface area contributed by atoms with Crippen LogP contribution in [0.1, 0.15) is 99.1 Å². The molecule has 358 valence electrons. The SMILES string of the molecule is CC[C@H](C)[C@@H]([C@@H](CC(=O)N1CCC[C@H]1[C@H](OC)[C@@H](C)C(=O)N[C@@H](Cc1ccccc1)C(=O)OC)OC)N(C)C(=O)[C@@H](NC(=O)[C@H](C(C)C)N(C)Cc1cccc(NC(C)C)c1)C(C)C. The van der Waals surface area contributed by atoms with Gasteiger partial charge in [0.05, 0.1) is 49.8 Å². The molecule has 0 saturated carbocycles. The number of nitrogens with zero attached hydrogens (tertiary/aromatic N) is 3. The fourth-order valence-electron chi connectivity index (χ4n) is 9.26. The summed E-state index contributed by atoms with van der Waals surface area (Å²) in [5.74, 6) is -2.62. The standard InChI is InChI=1S/C50H80N6O8/c1-15-34(8)45(55(11)49(60)43(31(2)3)53-48(59)44(32(4)5)54(10)30-37-23-19-24-38(27-37)51-33(6)7)41(62-12)29-42(57)56-26-20-25-40(56)46(63-13)35(9)47(58)52-39(50(61)64-14)28-36-21-17-16-18-22-36/h16-19,21-24,27,31-35,39-41,43-46,51H,15,20,25-26,28-30H2,1-14H3,(H,52,58)(H,53,59)/t34-,35+,39-,40-,41+,43-,44-,45-,46+/m0/s1. The lowest BCUT2D eigenvalue weighted by molar-refractivity contribution is -0.149. The molecule has 1 aliphatic rings. The number of likely N-dealkylation sites (tertiary alicyclic amines) is 1. The number of rotatable bonds is 25. The number of esters is 1. The number of likely N-dealkylation sites (N-methyl/N-ethyl adjacent to an activating group) is 2. The van der Waals surface area contributed by atoms with Gasteiger partial charge in [-0.25, -0.2) is 4.79 Å². The molecule has 4 amide bonds. The fourth-order valence-corrected chi connectivity index (χ4v) is 9.26. The van der Waals surface area contributed by atoms with E-state index in [1.165, 1.54) is 14.2 Å². The van der Waals surface area contributed by atoms with Crippen molar-refractivity contribution in [1.82, 2.24) is 25.3 Å². The summed E-state index contributed by atoms with van der Waals surface area (Å²) < 4.78 is 17.1. The Morgan fingerprint density at radius 1 is 0.812 bits per heavy atom. The van der Waals surface area contributed by atoms with E-state index in [0.717, 1.165) is 23.2 Å². The molecule has 2 aromatic carbocycles. The zero-order valence-electron chi connectivity index (χ0n) is 41.2. The summed E-state index contributed by atoms with van der Waals surface area (Å²) >= 11 is 0. The van der Waals surface area contributed by atoms with Crippen LogP contribution in [-0.4, -0.2) is 135 Å². The largest absolute Gasteiger partial charge is 0.467 e. The van der Waals surface area contributed by atoms with Crippen molar-refractivity contribution in [2.75, 3.05) is 47.3 Å². The Labute approximate surface area is 383 Å². The van der Waals surface area contributed by atoms with E-state index < -0.39 is 54.3 Å². The third-order valence-corrected chi connectivity index (χ3v) is 12.8.